The van der Waals surface area contributed by atoms with Gasteiger partial charge in [0.15, 0.2) is 0 Å². The Bertz CT molecular complexity index is 450. The standard InChI is InChI=1S/C15H21ClN2O/c1-3-14(11-5-4-6-12(16)7-11)18-15(19)13-9-17-8-10(13)2/h4-7,10,13-14,17H,3,8-9H2,1-2H3,(H,18,19)/t10-,13-,14?/m1/s1. The molecule has 1 aromatic carbocycles. The average Bonchev–Trinajstić information content (AvgIpc) is 2.82. The maximum absolute atomic E-state index is 12.3. The van der Waals surface area contributed by atoms with Gasteiger partial charge in [-0.15, -0.1) is 0 Å². The molecule has 1 saturated heterocycles. The Morgan fingerprint density at radius 3 is 2.89 bits per heavy atom. The fourth-order valence-electron chi connectivity index (χ4n) is 2.58. The van der Waals surface area contributed by atoms with Crippen molar-refractivity contribution in [2.24, 2.45) is 11.8 Å². The zero-order valence-corrected chi connectivity index (χ0v) is 12.2. The molecule has 0 aromatic heterocycles. The van der Waals surface area contributed by atoms with Crippen LogP contribution in [0.2, 0.25) is 5.02 Å². The first kappa shape index (κ1) is 14.4. The van der Waals surface area contributed by atoms with E-state index in [1.54, 1.807) is 0 Å². The Morgan fingerprint density at radius 1 is 1.53 bits per heavy atom. The second-order valence-electron chi connectivity index (χ2n) is 5.27. The Labute approximate surface area is 119 Å². The Morgan fingerprint density at radius 2 is 2.32 bits per heavy atom. The predicted molar refractivity (Wildman–Crippen MR) is 78.2 cm³/mol. The van der Waals surface area contributed by atoms with Gasteiger partial charge < -0.3 is 10.6 Å². The summed E-state index contributed by atoms with van der Waals surface area (Å²) < 4.78 is 0. The summed E-state index contributed by atoms with van der Waals surface area (Å²) in [5, 5.41) is 7.12. The number of nitrogens with one attached hydrogen (secondary N) is 2. The van der Waals surface area contributed by atoms with Gasteiger partial charge in [-0.2, -0.15) is 0 Å². The SMILES string of the molecule is CCC(NC(=O)[C@@H]1CNC[C@H]1C)c1cccc(Cl)c1. The van der Waals surface area contributed by atoms with Crippen LogP contribution in [-0.4, -0.2) is 19.0 Å². The first-order valence-electron chi connectivity index (χ1n) is 6.88. The lowest BCUT2D eigenvalue weighted by molar-refractivity contribution is -0.126. The molecule has 1 aliphatic heterocycles. The molecule has 1 heterocycles. The molecule has 2 N–H and O–H groups in total. The molecule has 3 nitrogen and oxygen atoms in total. The maximum Gasteiger partial charge on any atom is 0.225 e. The van der Waals surface area contributed by atoms with Gasteiger partial charge in [-0.05, 0) is 36.6 Å². The smallest absolute Gasteiger partial charge is 0.225 e. The van der Waals surface area contributed by atoms with E-state index in [1.165, 1.54) is 0 Å². The van der Waals surface area contributed by atoms with Crippen LogP contribution < -0.4 is 10.6 Å². The van der Waals surface area contributed by atoms with Gasteiger partial charge in [-0.1, -0.05) is 37.6 Å². The molecule has 1 amide bonds. The van der Waals surface area contributed by atoms with Gasteiger partial charge >= 0.3 is 0 Å². The summed E-state index contributed by atoms with van der Waals surface area (Å²) in [6.07, 6.45) is 0.862. The van der Waals surface area contributed by atoms with E-state index in [-0.39, 0.29) is 17.9 Å². The third-order valence-electron chi connectivity index (χ3n) is 3.83. The van der Waals surface area contributed by atoms with Gasteiger partial charge in [0.2, 0.25) is 5.91 Å². The van der Waals surface area contributed by atoms with E-state index in [4.69, 9.17) is 11.6 Å². The van der Waals surface area contributed by atoms with E-state index >= 15 is 0 Å². The van der Waals surface area contributed by atoms with Gasteiger partial charge in [0.05, 0.1) is 12.0 Å². The van der Waals surface area contributed by atoms with Crippen LogP contribution in [0.1, 0.15) is 31.9 Å². The summed E-state index contributed by atoms with van der Waals surface area (Å²) >= 11 is 6.01. The number of rotatable bonds is 4. The van der Waals surface area contributed by atoms with Crippen LogP contribution in [-0.2, 0) is 4.79 Å². The summed E-state index contributed by atoms with van der Waals surface area (Å²) in [6.45, 7) is 5.89. The van der Waals surface area contributed by atoms with E-state index in [1.807, 2.05) is 24.3 Å². The minimum Gasteiger partial charge on any atom is -0.349 e. The molecule has 2 rings (SSSR count). The van der Waals surface area contributed by atoms with Gasteiger partial charge in [-0.25, -0.2) is 0 Å². The van der Waals surface area contributed by atoms with Crippen LogP contribution in [0.15, 0.2) is 24.3 Å². The number of carbonyl (C=O) groups is 1. The van der Waals surface area contributed by atoms with Crippen molar-refractivity contribution >= 4 is 17.5 Å². The summed E-state index contributed by atoms with van der Waals surface area (Å²) in [5.74, 6) is 0.620. The molecule has 1 aromatic rings. The second-order valence-corrected chi connectivity index (χ2v) is 5.70. The number of hydrogen-bond donors (Lipinski definition) is 2. The van der Waals surface area contributed by atoms with E-state index in [9.17, 15) is 4.79 Å². The highest BCUT2D eigenvalue weighted by Crippen LogP contribution is 2.22. The monoisotopic (exact) mass is 280 g/mol. The summed E-state index contributed by atoms with van der Waals surface area (Å²) in [4.78, 5) is 12.3. The van der Waals surface area contributed by atoms with Crippen LogP contribution >= 0.6 is 11.6 Å². The van der Waals surface area contributed by atoms with Crippen molar-refractivity contribution in [1.82, 2.24) is 10.6 Å². The number of halogens is 1. The van der Waals surface area contributed by atoms with Crippen LogP contribution in [0.4, 0.5) is 0 Å². The summed E-state index contributed by atoms with van der Waals surface area (Å²) in [5.41, 5.74) is 1.07. The Hall–Kier alpha value is -1.06. The highest BCUT2D eigenvalue weighted by atomic mass is 35.5. The highest BCUT2D eigenvalue weighted by molar-refractivity contribution is 6.30. The molecule has 0 radical (unpaired) electrons. The largest absolute Gasteiger partial charge is 0.349 e. The third kappa shape index (κ3) is 3.48. The molecule has 0 saturated carbocycles. The van der Waals surface area contributed by atoms with Crippen LogP contribution in [0.5, 0.6) is 0 Å². The third-order valence-corrected chi connectivity index (χ3v) is 4.07. The molecular formula is C15H21ClN2O. The quantitative estimate of drug-likeness (QED) is 0.890. The van der Waals surface area contributed by atoms with E-state index in [2.05, 4.69) is 24.5 Å². The lowest BCUT2D eigenvalue weighted by Gasteiger charge is -2.21. The van der Waals surface area contributed by atoms with Gasteiger partial charge in [0, 0.05) is 11.6 Å². The second kappa shape index (κ2) is 6.40. The predicted octanol–water partition coefficient (Wildman–Crippen LogP) is 2.76. The number of carbonyl (C=O) groups excluding carboxylic acids is 1. The van der Waals surface area contributed by atoms with Crippen molar-refractivity contribution < 1.29 is 4.79 Å². The topological polar surface area (TPSA) is 41.1 Å². The molecule has 3 atom stereocenters. The van der Waals surface area contributed by atoms with Crippen molar-refractivity contribution in [2.45, 2.75) is 26.3 Å². The highest BCUT2D eigenvalue weighted by Gasteiger charge is 2.30. The molecule has 0 spiro atoms. The normalized spacial score (nSPS) is 24.2. The van der Waals surface area contributed by atoms with Crippen molar-refractivity contribution in [3.8, 4) is 0 Å². The zero-order chi connectivity index (χ0) is 13.8. The summed E-state index contributed by atoms with van der Waals surface area (Å²) in [7, 11) is 0. The minimum atomic E-state index is 0.0407. The molecule has 104 valence electrons. The zero-order valence-electron chi connectivity index (χ0n) is 11.4. The van der Waals surface area contributed by atoms with Gasteiger partial charge in [0.25, 0.3) is 0 Å². The Balaban J connectivity index is 2.05. The van der Waals surface area contributed by atoms with Crippen LogP contribution in [0.3, 0.4) is 0 Å². The molecule has 0 aliphatic carbocycles. The van der Waals surface area contributed by atoms with Crippen LogP contribution in [0.25, 0.3) is 0 Å². The molecule has 1 fully saturated rings. The fraction of sp³-hybridized carbons (Fsp3) is 0.533. The molecule has 1 unspecified atom stereocenters. The number of benzene rings is 1. The lowest BCUT2D eigenvalue weighted by Crippen LogP contribution is -2.36. The average molecular weight is 281 g/mol. The minimum absolute atomic E-state index is 0.0407. The van der Waals surface area contributed by atoms with Gasteiger partial charge in [-0.3, -0.25) is 4.79 Å². The lowest BCUT2D eigenvalue weighted by atomic mass is 9.96. The summed E-state index contributed by atoms with van der Waals surface area (Å²) in [6, 6.07) is 7.75. The van der Waals surface area contributed by atoms with E-state index in [0.29, 0.717) is 10.9 Å². The first-order valence-corrected chi connectivity index (χ1v) is 7.26. The molecule has 0 bridgehead atoms. The molecular weight excluding hydrogens is 260 g/mol. The number of amides is 1. The molecule has 1 aliphatic rings. The molecule has 19 heavy (non-hydrogen) atoms. The van der Waals surface area contributed by atoms with E-state index in [0.717, 1.165) is 25.1 Å². The van der Waals surface area contributed by atoms with Crippen molar-refractivity contribution in [3.63, 3.8) is 0 Å². The molecule has 4 heteroatoms. The number of hydrogen-bond acceptors (Lipinski definition) is 2. The van der Waals surface area contributed by atoms with Crippen molar-refractivity contribution in [1.29, 1.82) is 0 Å². The van der Waals surface area contributed by atoms with E-state index < -0.39 is 0 Å². The Kier molecular flexibility index (Phi) is 4.83. The van der Waals surface area contributed by atoms with Gasteiger partial charge in [0.1, 0.15) is 0 Å². The fourth-order valence-corrected chi connectivity index (χ4v) is 2.78. The maximum atomic E-state index is 12.3. The van der Waals surface area contributed by atoms with Crippen molar-refractivity contribution in [2.75, 3.05) is 13.1 Å². The first-order chi connectivity index (χ1) is 9.11. The van der Waals surface area contributed by atoms with Crippen molar-refractivity contribution in [3.05, 3.63) is 34.9 Å². The van der Waals surface area contributed by atoms with Crippen LogP contribution in [0, 0.1) is 11.8 Å².